The normalized spacial score (nSPS) is 10.3. The van der Waals surface area contributed by atoms with Crippen LogP contribution < -0.4 is 4.74 Å². The van der Waals surface area contributed by atoms with Crippen molar-refractivity contribution in [3.8, 4) is 11.5 Å². The summed E-state index contributed by atoms with van der Waals surface area (Å²) in [6, 6.07) is 8.03. The molecule has 0 fully saturated rings. The van der Waals surface area contributed by atoms with Gasteiger partial charge in [-0.2, -0.15) is 0 Å². The van der Waals surface area contributed by atoms with Crippen LogP contribution in [0, 0.1) is 18.6 Å². The Morgan fingerprint density at radius 2 is 1.74 bits per heavy atom. The second kappa shape index (κ2) is 5.06. The van der Waals surface area contributed by atoms with E-state index in [1.165, 1.54) is 18.2 Å². The minimum atomic E-state index is -1.47. The third-order valence-electron chi connectivity index (χ3n) is 2.57. The van der Waals surface area contributed by atoms with Gasteiger partial charge in [-0.05, 0) is 30.7 Å². The van der Waals surface area contributed by atoms with Crippen molar-refractivity contribution in [2.45, 2.75) is 6.92 Å². The Balaban J connectivity index is 2.47. The van der Waals surface area contributed by atoms with Gasteiger partial charge in [0.25, 0.3) is 0 Å². The van der Waals surface area contributed by atoms with Gasteiger partial charge in [0.2, 0.25) is 0 Å². The van der Waals surface area contributed by atoms with Gasteiger partial charge in [-0.15, -0.1) is 0 Å². The number of benzene rings is 2. The van der Waals surface area contributed by atoms with E-state index in [0.717, 1.165) is 6.07 Å². The van der Waals surface area contributed by atoms with Crippen LogP contribution in [0.1, 0.15) is 15.9 Å². The highest BCUT2D eigenvalue weighted by molar-refractivity contribution is 5.91. The van der Waals surface area contributed by atoms with Gasteiger partial charge < -0.3 is 9.84 Å². The molecule has 0 atom stereocenters. The lowest BCUT2D eigenvalue weighted by molar-refractivity contribution is 0.0689. The summed E-state index contributed by atoms with van der Waals surface area (Å²) in [7, 11) is 0. The second-order valence-electron chi connectivity index (χ2n) is 3.91. The number of carbonyl (C=O) groups is 1. The highest BCUT2D eigenvalue weighted by atomic mass is 19.1. The largest absolute Gasteiger partial charge is 0.477 e. The van der Waals surface area contributed by atoms with E-state index in [0.29, 0.717) is 5.56 Å². The van der Waals surface area contributed by atoms with Crippen LogP contribution in [0.25, 0.3) is 0 Å². The molecule has 0 aromatic heterocycles. The molecule has 0 bridgehead atoms. The quantitative estimate of drug-likeness (QED) is 0.918. The maximum atomic E-state index is 13.8. The van der Waals surface area contributed by atoms with Crippen molar-refractivity contribution < 1.29 is 23.4 Å². The highest BCUT2D eigenvalue weighted by Gasteiger charge is 2.18. The number of aryl methyl sites for hydroxylation is 1. The molecule has 0 saturated heterocycles. The highest BCUT2D eigenvalue weighted by Crippen LogP contribution is 2.29. The Morgan fingerprint density at radius 3 is 2.42 bits per heavy atom. The molecular formula is C14H10F2O3. The number of halogens is 2. The number of carboxylic acid groups (broad SMARTS) is 1. The fourth-order valence-corrected chi connectivity index (χ4v) is 1.61. The molecule has 2 rings (SSSR count). The zero-order valence-electron chi connectivity index (χ0n) is 9.98. The number of rotatable bonds is 3. The summed E-state index contributed by atoms with van der Waals surface area (Å²) in [5.41, 5.74) is -0.269. The lowest BCUT2D eigenvalue weighted by atomic mass is 10.2. The van der Waals surface area contributed by atoms with Crippen molar-refractivity contribution in [2.24, 2.45) is 0 Å². The first-order valence-corrected chi connectivity index (χ1v) is 5.45. The summed E-state index contributed by atoms with van der Waals surface area (Å²) in [5, 5.41) is 8.93. The minimum Gasteiger partial charge on any atom is -0.477 e. The third-order valence-corrected chi connectivity index (χ3v) is 2.57. The first-order chi connectivity index (χ1) is 9.00. The topological polar surface area (TPSA) is 46.5 Å². The van der Waals surface area contributed by atoms with E-state index in [9.17, 15) is 13.6 Å². The summed E-state index contributed by atoms with van der Waals surface area (Å²) in [4.78, 5) is 11.0. The number of aromatic carboxylic acids is 1. The predicted octanol–water partition coefficient (Wildman–Crippen LogP) is 3.76. The van der Waals surface area contributed by atoms with E-state index in [4.69, 9.17) is 9.84 Å². The third kappa shape index (κ3) is 2.54. The maximum absolute atomic E-state index is 13.8. The predicted molar refractivity (Wildman–Crippen MR) is 64.6 cm³/mol. The van der Waals surface area contributed by atoms with Gasteiger partial charge in [0.15, 0.2) is 11.6 Å². The van der Waals surface area contributed by atoms with Gasteiger partial charge in [0.05, 0.1) is 0 Å². The number of hydrogen-bond donors (Lipinski definition) is 1. The van der Waals surface area contributed by atoms with Crippen molar-refractivity contribution in [3.63, 3.8) is 0 Å². The second-order valence-corrected chi connectivity index (χ2v) is 3.91. The molecule has 2 aromatic carbocycles. The van der Waals surface area contributed by atoms with E-state index >= 15 is 0 Å². The molecular weight excluding hydrogens is 254 g/mol. The van der Waals surface area contributed by atoms with Crippen LogP contribution in [-0.4, -0.2) is 11.1 Å². The maximum Gasteiger partial charge on any atom is 0.342 e. The first-order valence-electron chi connectivity index (χ1n) is 5.45. The van der Waals surface area contributed by atoms with E-state index in [1.807, 2.05) is 0 Å². The SMILES string of the molecule is Cc1cccc(Oc2cccc(F)c2C(=O)O)c1F. The van der Waals surface area contributed by atoms with Gasteiger partial charge in [-0.3, -0.25) is 0 Å². The Morgan fingerprint density at radius 1 is 1.11 bits per heavy atom. The monoisotopic (exact) mass is 264 g/mol. The molecule has 19 heavy (non-hydrogen) atoms. The van der Waals surface area contributed by atoms with E-state index in [-0.39, 0.29) is 11.5 Å². The van der Waals surface area contributed by atoms with Crippen LogP contribution in [-0.2, 0) is 0 Å². The fourth-order valence-electron chi connectivity index (χ4n) is 1.61. The van der Waals surface area contributed by atoms with Crippen LogP contribution >= 0.6 is 0 Å². The van der Waals surface area contributed by atoms with Crippen LogP contribution in [0.4, 0.5) is 8.78 Å². The summed E-state index contributed by atoms with van der Waals surface area (Å²) in [6.45, 7) is 1.55. The molecule has 0 unspecified atom stereocenters. The van der Waals surface area contributed by atoms with Gasteiger partial charge in [0, 0.05) is 0 Å². The lowest BCUT2D eigenvalue weighted by Gasteiger charge is -2.10. The van der Waals surface area contributed by atoms with Crippen LogP contribution in [0.2, 0.25) is 0 Å². The Hall–Kier alpha value is -2.43. The zero-order chi connectivity index (χ0) is 14.0. The van der Waals surface area contributed by atoms with Crippen molar-refractivity contribution in [3.05, 3.63) is 59.2 Å². The number of carboxylic acids is 1. The number of ether oxygens (including phenoxy) is 1. The molecule has 0 aliphatic carbocycles. The number of hydrogen-bond acceptors (Lipinski definition) is 2. The van der Waals surface area contributed by atoms with Crippen LogP contribution in [0.5, 0.6) is 11.5 Å². The first kappa shape index (κ1) is 13.0. The molecule has 3 nitrogen and oxygen atoms in total. The van der Waals surface area contributed by atoms with Gasteiger partial charge in [-0.25, -0.2) is 13.6 Å². The molecule has 0 aliphatic rings. The van der Waals surface area contributed by atoms with Gasteiger partial charge >= 0.3 is 5.97 Å². The molecule has 1 N–H and O–H groups in total. The minimum absolute atomic E-state index is 0.145. The Labute approximate surface area is 108 Å². The van der Waals surface area contributed by atoms with E-state index in [2.05, 4.69) is 0 Å². The molecule has 2 aromatic rings. The van der Waals surface area contributed by atoms with Crippen molar-refractivity contribution in [1.29, 1.82) is 0 Å². The van der Waals surface area contributed by atoms with Crippen molar-refractivity contribution in [2.75, 3.05) is 0 Å². The van der Waals surface area contributed by atoms with Gasteiger partial charge in [-0.1, -0.05) is 18.2 Å². The summed E-state index contributed by atoms with van der Waals surface area (Å²) in [6.07, 6.45) is 0. The molecule has 5 heteroatoms. The molecule has 98 valence electrons. The Kier molecular flexibility index (Phi) is 3.46. The van der Waals surface area contributed by atoms with Crippen LogP contribution in [0.3, 0.4) is 0 Å². The molecule has 0 spiro atoms. The molecule has 0 heterocycles. The smallest absolute Gasteiger partial charge is 0.342 e. The van der Waals surface area contributed by atoms with Crippen molar-refractivity contribution >= 4 is 5.97 Å². The van der Waals surface area contributed by atoms with Crippen molar-refractivity contribution in [1.82, 2.24) is 0 Å². The van der Waals surface area contributed by atoms with Gasteiger partial charge in [0.1, 0.15) is 17.1 Å². The standard InChI is InChI=1S/C14H10F2O3/c1-8-4-2-7-11(13(8)16)19-10-6-3-5-9(15)12(10)14(17)18/h2-7H,1H3,(H,17,18). The van der Waals surface area contributed by atoms with E-state index < -0.39 is 23.2 Å². The molecule has 0 saturated carbocycles. The van der Waals surface area contributed by atoms with E-state index in [1.54, 1.807) is 19.1 Å². The average Bonchev–Trinajstić information content (AvgIpc) is 2.34. The lowest BCUT2D eigenvalue weighted by Crippen LogP contribution is -2.04. The summed E-state index contributed by atoms with van der Waals surface area (Å²) < 4.78 is 32.4. The molecule has 0 aliphatic heterocycles. The zero-order valence-corrected chi connectivity index (χ0v) is 9.98. The fraction of sp³-hybridized carbons (Fsp3) is 0.0714. The van der Waals surface area contributed by atoms with Crippen LogP contribution in [0.15, 0.2) is 36.4 Å². The summed E-state index contributed by atoms with van der Waals surface area (Å²) >= 11 is 0. The molecule has 0 amide bonds. The summed E-state index contributed by atoms with van der Waals surface area (Å²) in [5.74, 6) is -3.40. The Bertz CT molecular complexity index is 639. The average molecular weight is 264 g/mol. The molecule has 0 radical (unpaired) electrons.